The Morgan fingerprint density at radius 2 is 1.96 bits per heavy atom. The molecule has 4 rings (SSSR count). The van der Waals surface area contributed by atoms with Crippen LogP contribution in [0.5, 0.6) is 0 Å². The standard InChI is InChI=1S/C20H30N4O4/c21-15-5-3-13(4-6-15)20(27)24-8-7-16(14(10-24)11-25)22-19(26)17-9-18(28-23-17)12-1-2-12/h9,12-16,25H,1-8,10-11,21H2,(H,22,26)/t13?,14-,15?,16+/m0/s1. The van der Waals surface area contributed by atoms with Gasteiger partial charge in [0, 0.05) is 55.6 Å². The molecule has 2 atom stereocenters. The summed E-state index contributed by atoms with van der Waals surface area (Å²) in [5.41, 5.74) is 6.23. The molecular weight excluding hydrogens is 360 g/mol. The van der Waals surface area contributed by atoms with Gasteiger partial charge in [-0.25, -0.2) is 0 Å². The van der Waals surface area contributed by atoms with E-state index in [1.807, 2.05) is 4.90 Å². The van der Waals surface area contributed by atoms with Crippen molar-refractivity contribution in [1.82, 2.24) is 15.4 Å². The smallest absolute Gasteiger partial charge is 0.273 e. The summed E-state index contributed by atoms with van der Waals surface area (Å²) in [7, 11) is 0. The number of nitrogens with zero attached hydrogens (tertiary/aromatic N) is 2. The normalized spacial score (nSPS) is 30.9. The maximum Gasteiger partial charge on any atom is 0.273 e. The van der Waals surface area contributed by atoms with Crippen LogP contribution in [0.3, 0.4) is 0 Å². The number of carbonyl (C=O) groups is 2. The molecule has 8 nitrogen and oxygen atoms in total. The minimum absolute atomic E-state index is 0.0428. The summed E-state index contributed by atoms with van der Waals surface area (Å²) in [5.74, 6) is 0.934. The monoisotopic (exact) mass is 390 g/mol. The lowest BCUT2D eigenvalue weighted by molar-refractivity contribution is -0.139. The zero-order valence-corrected chi connectivity index (χ0v) is 16.2. The second-order valence-corrected chi connectivity index (χ2v) is 8.60. The molecule has 1 aliphatic heterocycles. The summed E-state index contributed by atoms with van der Waals surface area (Å²) in [6.07, 6.45) is 6.28. The first-order chi connectivity index (χ1) is 13.5. The average molecular weight is 390 g/mol. The molecule has 0 radical (unpaired) electrons. The minimum Gasteiger partial charge on any atom is -0.396 e. The number of aromatic nitrogens is 1. The third-order valence-corrected chi connectivity index (χ3v) is 6.46. The van der Waals surface area contributed by atoms with Crippen molar-refractivity contribution < 1.29 is 19.2 Å². The summed E-state index contributed by atoms with van der Waals surface area (Å²) in [6.45, 7) is 0.986. The number of piperidine rings is 1. The third-order valence-electron chi connectivity index (χ3n) is 6.46. The highest BCUT2D eigenvalue weighted by Gasteiger charge is 2.36. The number of rotatable bonds is 5. The Morgan fingerprint density at radius 3 is 2.64 bits per heavy atom. The second kappa shape index (κ2) is 8.21. The van der Waals surface area contributed by atoms with Gasteiger partial charge in [-0.15, -0.1) is 0 Å². The van der Waals surface area contributed by atoms with E-state index in [0.29, 0.717) is 25.4 Å². The van der Waals surface area contributed by atoms with Crippen LogP contribution in [-0.2, 0) is 4.79 Å². The van der Waals surface area contributed by atoms with Crippen LogP contribution in [-0.4, -0.2) is 58.8 Å². The number of nitrogens with one attached hydrogen (secondary N) is 1. The van der Waals surface area contributed by atoms with Crippen molar-refractivity contribution >= 4 is 11.8 Å². The topological polar surface area (TPSA) is 122 Å². The SMILES string of the molecule is NC1CCC(C(=O)N2CC[C@@H](NC(=O)c3cc(C4CC4)on3)[C@H](CO)C2)CC1. The Labute approximate surface area is 164 Å². The van der Waals surface area contributed by atoms with Crippen molar-refractivity contribution in [2.45, 2.75) is 62.9 Å². The molecule has 2 heterocycles. The first kappa shape index (κ1) is 19.4. The molecule has 0 spiro atoms. The Bertz CT molecular complexity index is 709. The quantitative estimate of drug-likeness (QED) is 0.690. The molecule has 0 bridgehead atoms. The van der Waals surface area contributed by atoms with Gasteiger partial charge in [0.05, 0.1) is 0 Å². The van der Waals surface area contributed by atoms with Crippen molar-refractivity contribution in [2.24, 2.45) is 17.6 Å². The largest absolute Gasteiger partial charge is 0.396 e. The van der Waals surface area contributed by atoms with Crippen molar-refractivity contribution in [1.29, 1.82) is 0 Å². The van der Waals surface area contributed by atoms with Crippen LogP contribution < -0.4 is 11.1 Å². The third kappa shape index (κ3) is 4.22. The maximum atomic E-state index is 12.8. The average Bonchev–Trinajstić information content (AvgIpc) is 3.44. The molecule has 1 aromatic rings. The fourth-order valence-corrected chi connectivity index (χ4v) is 4.43. The number of hydrogen-bond acceptors (Lipinski definition) is 6. The zero-order chi connectivity index (χ0) is 19.7. The second-order valence-electron chi connectivity index (χ2n) is 8.60. The first-order valence-electron chi connectivity index (χ1n) is 10.5. The Kier molecular flexibility index (Phi) is 5.68. The number of nitrogens with two attached hydrogens (primary N) is 1. The lowest BCUT2D eigenvalue weighted by Crippen LogP contribution is -2.54. The molecule has 2 amide bonds. The fraction of sp³-hybridized carbons (Fsp3) is 0.750. The van der Waals surface area contributed by atoms with E-state index in [4.69, 9.17) is 10.3 Å². The molecule has 3 fully saturated rings. The van der Waals surface area contributed by atoms with Crippen molar-refractivity contribution in [3.8, 4) is 0 Å². The highest BCUT2D eigenvalue weighted by molar-refractivity contribution is 5.92. The van der Waals surface area contributed by atoms with Gasteiger partial charge in [0.25, 0.3) is 5.91 Å². The van der Waals surface area contributed by atoms with Gasteiger partial charge < -0.3 is 25.6 Å². The molecule has 1 aromatic heterocycles. The summed E-state index contributed by atoms with van der Waals surface area (Å²) in [5, 5.41) is 16.7. The molecule has 154 valence electrons. The number of amides is 2. The van der Waals surface area contributed by atoms with Gasteiger partial charge in [-0.3, -0.25) is 9.59 Å². The minimum atomic E-state index is -0.278. The lowest BCUT2D eigenvalue weighted by Gasteiger charge is -2.40. The number of aliphatic hydroxyl groups excluding tert-OH is 1. The van der Waals surface area contributed by atoms with Gasteiger partial charge in [-0.1, -0.05) is 5.16 Å². The van der Waals surface area contributed by atoms with Gasteiger partial charge in [0.15, 0.2) is 5.69 Å². The zero-order valence-electron chi connectivity index (χ0n) is 16.2. The van der Waals surface area contributed by atoms with E-state index in [0.717, 1.165) is 44.3 Å². The molecule has 8 heteroatoms. The molecule has 0 unspecified atom stereocenters. The fourth-order valence-electron chi connectivity index (χ4n) is 4.43. The van der Waals surface area contributed by atoms with Crippen LogP contribution >= 0.6 is 0 Å². The van der Waals surface area contributed by atoms with Crippen molar-refractivity contribution in [3.05, 3.63) is 17.5 Å². The predicted molar refractivity (Wildman–Crippen MR) is 101 cm³/mol. The summed E-state index contributed by atoms with van der Waals surface area (Å²) in [6, 6.07) is 1.75. The van der Waals surface area contributed by atoms with E-state index in [-0.39, 0.29) is 48.0 Å². The van der Waals surface area contributed by atoms with E-state index in [1.54, 1.807) is 6.07 Å². The molecule has 28 heavy (non-hydrogen) atoms. The van der Waals surface area contributed by atoms with Crippen LogP contribution in [0, 0.1) is 11.8 Å². The summed E-state index contributed by atoms with van der Waals surface area (Å²) < 4.78 is 5.25. The number of carbonyl (C=O) groups excluding carboxylic acids is 2. The van der Waals surface area contributed by atoms with Gasteiger partial charge in [0.1, 0.15) is 5.76 Å². The highest BCUT2D eigenvalue weighted by Crippen LogP contribution is 2.40. The van der Waals surface area contributed by atoms with Crippen LogP contribution in [0.25, 0.3) is 0 Å². The van der Waals surface area contributed by atoms with Crippen LogP contribution in [0.2, 0.25) is 0 Å². The van der Waals surface area contributed by atoms with Crippen molar-refractivity contribution in [2.75, 3.05) is 19.7 Å². The van der Waals surface area contributed by atoms with Gasteiger partial charge in [-0.2, -0.15) is 0 Å². The Morgan fingerprint density at radius 1 is 1.21 bits per heavy atom. The van der Waals surface area contributed by atoms with Crippen LogP contribution in [0.1, 0.15) is 67.1 Å². The van der Waals surface area contributed by atoms with E-state index < -0.39 is 0 Å². The lowest BCUT2D eigenvalue weighted by atomic mass is 9.84. The molecule has 0 aromatic carbocycles. The number of aliphatic hydroxyl groups is 1. The van der Waals surface area contributed by atoms with Gasteiger partial charge >= 0.3 is 0 Å². The van der Waals surface area contributed by atoms with Gasteiger partial charge in [-0.05, 0) is 44.9 Å². The van der Waals surface area contributed by atoms with E-state index >= 15 is 0 Å². The van der Waals surface area contributed by atoms with Gasteiger partial charge in [0.2, 0.25) is 5.91 Å². The molecule has 1 saturated heterocycles. The number of likely N-dealkylation sites (tertiary alicyclic amines) is 1. The van der Waals surface area contributed by atoms with Crippen LogP contribution in [0.4, 0.5) is 0 Å². The molecule has 2 aliphatic carbocycles. The number of hydrogen-bond donors (Lipinski definition) is 3. The molecular formula is C20H30N4O4. The highest BCUT2D eigenvalue weighted by atomic mass is 16.5. The summed E-state index contributed by atoms with van der Waals surface area (Å²) in [4.78, 5) is 27.2. The molecule has 2 saturated carbocycles. The summed E-state index contributed by atoms with van der Waals surface area (Å²) >= 11 is 0. The molecule has 4 N–H and O–H groups in total. The van der Waals surface area contributed by atoms with Crippen molar-refractivity contribution in [3.63, 3.8) is 0 Å². The van der Waals surface area contributed by atoms with Crippen LogP contribution in [0.15, 0.2) is 10.6 Å². The molecule has 3 aliphatic rings. The Balaban J connectivity index is 1.32. The first-order valence-corrected chi connectivity index (χ1v) is 10.5. The predicted octanol–water partition coefficient (Wildman–Crippen LogP) is 1.01. The maximum absolute atomic E-state index is 12.8. The Hall–Kier alpha value is -1.93. The van der Waals surface area contributed by atoms with E-state index in [2.05, 4.69) is 10.5 Å². The van der Waals surface area contributed by atoms with E-state index in [9.17, 15) is 14.7 Å². The van der Waals surface area contributed by atoms with E-state index in [1.165, 1.54) is 0 Å².